The summed E-state index contributed by atoms with van der Waals surface area (Å²) in [7, 11) is 0. The maximum atomic E-state index is 15.3. The van der Waals surface area contributed by atoms with E-state index in [9.17, 15) is 23.8 Å². The Balaban J connectivity index is 1.39. The van der Waals surface area contributed by atoms with Crippen LogP contribution in [-0.2, 0) is 19.6 Å². The van der Waals surface area contributed by atoms with Crippen LogP contribution in [0.5, 0.6) is 5.75 Å². The van der Waals surface area contributed by atoms with Crippen molar-refractivity contribution in [3.63, 3.8) is 0 Å². The molecule has 1 aromatic heterocycles. The average Bonchev–Trinajstić information content (AvgIpc) is 3.26. The Labute approximate surface area is 231 Å². The molecular weight excluding hydrogens is 545 g/mol. The zero-order valence-electron chi connectivity index (χ0n) is 20.9. The summed E-state index contributed by atoms with van der Waals surface area (Å²) >= 11 is 5.77. The van der Waals surface area contributed by atoms with Gasteiger partial charge in [0.1, 0.15) is 24.1 Å². The normalized spacial score (nSPS) is 11.2. The summed E-state index contributed by atoms with van der Waals surface area (Å²) in [4.78, 5) is 15.9. The monoisotopic (exact) mass is 566 g/mol. The summed E-state index contributed by atoms with van der Waals surface area (Å²) in [5, 5.41) is 19.1. The van der Waals surface area contributed by atoms with Crippen LogP contribution in [0.25, 0.3) is 22.2 Å². The van der Waals surface area contributed by atoms with Crippen LogP contribution in [-0.4, -0.2) is 32.3 Å². The minimum Gasteiger partial charge on any atom is -0.486 e. The van der Waals surface area contributed by atoms with Crippen LogP contribution in [0.15, 0.2) is 72.8 Å². The zero-order chi connectivity index (χ0) is 28.4. The minimum absolute atomic E-state index is 0.0784. The number of aromatic nitrogens is 2. The molecule has 0 radical (unpaired) electrons. The van der Waals surface area contributed by atoms with Crippen molar-refractivity contribution in [3.8, 4) is 16.9 Å². The molecule has 0 aliphatic carbocycles. The summed E-state index contributed by atoms with van der Waals surface area (Å²) in [6, 6.07) is 17.3. The molecule has 0 aliphatic rings. The zero-order valence-corrected chi connectivity index (χ0v) is 21.6. The van der Waals surface area contributed by atoms with Crippen LogP contribution in [0, 0.1) is 17.5 Å². The standard InChI is InChI=1S/C30H22ClF3N2O4/c31-22-6-3-21(25(34)15-22)16-40-28-13-18(4-7-23(28)32)17-1-2-19(24(33)11-17)14-29-35-26-8-5-20(30(38)39)12-27(26)36(29)9-10-37/h1-8,11-13,15,37H,9-10,14,16H2,(H,38,39). The highest BCUT2D eigenvalue weighted by molar-refractivity contribution is 6.30. The summed E-state index contributed by atoms with van der Waals surface area (Å²) in [6.45, 7) is -0.275. The fourth-order valence-corrected chi connectivity index (χ4v) is 4.58. The predicted octanol–water partition coefficient (Wildman–Crippen LogP) is 6.63. The molecule has 0 atom stereocenters. The van der Waals surface area contributed by atoms with Gasteiger partial charge in [-0.15, -0.1) is 0 Å². The molecule has 0 saturated carbocycles. The van der Waals surface area contributed by atoms with Crippen molar-refractivity contribution in [2.75, 3.05) is 6.61 Å². The van der Waals surface area contributed by atoms with E-state index < -0.39 is 23.4 Å². The van der Waals surface area contributed by atoms with E-state index in [1.54, 1.807) is 22.8 Å². The number of carboxylic acid groups (broad SMARTS) is 1. The number of aliphatic hydroxyl groups is 1. The van der Waals surface area contributed by atoms with Crippen molar-refractivity contribution >= 4 is 28.6 Å². The molecule has 204 valence electrons. The van der Waals surface area contributed by atoms with Gasteiger partial charge in [0.25, 0.3) is 0 Å². The first-order valence-electron chi connectivity index (χ1n) is 12.2. The van der Waals surface area contributed by atoms with Crippen LogP contribution in [0.3, 0.4) is 0 Å². The molecule has 6 nitrogen and oxygen atoms in total. The first-order valence-corrected chi connectivity index (χ1v) is 12.6. The Kier molecular flexibility index (Phi) is 7.77. The third-order valence-corrected chi connectivity index (χ3v) is 6.70. The van der Waals surface area contributed by atoms with Gasteiger partial charge in [0.15, 0.2) is 11.6 Å². The fraction of sp³-hybridized carbons (Fsp3) is 0.133. The summed E-state index contributed by atoms with van der Waals surface area (Å²) in [6.07, 6.45) is 0.0909. The van der Waals surface area contributed by atoms with E-state index in [0.29, 0.717) is 33.5 Å². The van der Waals surface area contributed by atoms with Gasteiger partial charge >= 0.3 is 5.97 Å². The molecule has 4 aromatic carbocycles. The van der Waals surface area contributed by atoms with Crippen molar-refractivity contribution in [1.82, 2.24) is 9.55 Å². The first kappa shape index (κ1) is 27.2. The molecule has 0 unspecified atom stereocenters. The van der Waals surface area contributed by atoms with Gasteiger partial charge in [0.2, 0.25) is 0 Å². The SMILES string of the molecule is O=C(O)c1ccc2nc(Cc3ccc(-c4ccc(F)c(OCc5ccc(Cl)cc5F)c4)cc3F)n(CCO)c2c1. The number of aromatic carboxylic acids is 1. The molecule has 0 fully saturated rings. The van der Waals surface area contributed by atoms with Crippen LogP contribution in [0.4, 0.5) is 13.2 Å². The lowest BCUT2D eigenvalue weighted by Gasteiger charge is -2.12. The minimum atomic E-state index is -1.09. The fourth-order valence-electron chi connectivity index (χ4n) is 4.42. The van der Waals surface area contributed by atoms with Crippen molar-refractivity contribution in [1.29, 1.82) is 0 Å². The highest BCUT2D eigenvalue weighted by atomic mass is 35.5. The van der Waals surface area contributed by atoms with Crippen molar-refractivity contribution in [3.05, 3.63) is 118 Å². The van der Waals surface area contributed by atoms with E-state index in [2.05, 4.69) is 4.98 Å². The number of rotatable bonds is 9. The van der Waals surface area contributed by atoms with Crippen LogP contribution in [0.2, 0.25) is 5.02 Å². The molecule has 1 heterocycles. The molecule has 0 aliphatic heterocycles. The number of fused-ring (bicyclic) bond motifs is 1. The van der Waals surface area contributed by atoms with Crippen molar-refractivity contribution in [2.45, 2.75) is 19.6 Å². The smallest absolute Gasteiger partial charge is 0.335 e. The van der Waals surface area contributed by atoms with Gasteiger partial charge in [-0.25, -0.2) is 22.9 Å². The number of nitrogens with zero attached hydrogens (tertiary/aromatic N) is 2. The Morgan fingerprint density at radius 2 is 1.60 bits per heavy atom. The largest absolute Gasteiger partial charge is 0.486 e. The maximum Gasteiger partial charge on any atom is 0.335 e. The second-order valence-corrected chi connectivity index (χ2v) is 9.50. The highest BCUT2D eigenvalue weighted by Crippen LogP contribution is 2.30. The first-order chi connectivity index (χ1) is 19.2. The Morgan fingerprint density at radius 1 is 0.875 bits per heavy atom. The Hall–Kier alpha value is -4.34. The van der Waals surface area contributed by atoms with Crippen LogP contribution >= 0.6 is 11.6 Å². The van der Waals surface area contributed by atoms with Crippen LogP contribution in [0.1, 0.15) is 27.3 Å². The Bertz CT molecular complexity index is 1740. The lowest BCUT2D eigenvalue weighted by atomic mass is 10.0. The maximum absolute atomic E-state index is 15.3. The van der Waals surface area contributed by atoms with E-state index in [4.69, 9.17) is 16.3 Å². The molecule has 0 saturated heterocycles. The molecule has 2 N–H and O–H groups in total. The molecule has 0 bridgehead atoms. The number of halogens is 4. The number of aliphatic hydroxyl groups excluding tert-OH is 1. The number of benzene rings is 4. The van der Waals surface area contributed by atoms with Gasteiger partial charge in [-0.2, -0.15) is 0 Å². The van der Waals surface area contributed by atoms with Crippen LogP contribution < -0.4 is 4.74 Å². The molecule has 5 rings (SSSR count). The second-order valence-electron chi connectivity index (χ2n) is 9.06. The number of hydrogen-bond donors (Lipinski definition) is 2. The van der Waals surface area contributed by atoms with Gasteiger partial charge in [0.05, 0.1) is 23.2 Å². The average molecular weight is 567 g/mol. The molecule has 10 heteroatoms. The number of imidazole rings is 1. The van der Waals surface area contributed by atoms with E-state index in [1.165, 1.54) is 48.5 Å². The molecule has 0 amide bonds. The number of carbonyl (C=O) groups is 1. The van der Waals surface area contributed by atoms with E-state index in [-0.39, 0.29) is 48.1 Å². The summed E-state index contributed by atoms with van der Waals surface area (Å²) < 4.78 is 50.9. The number of carboxylic acids is 1. The second kappa shape index (κ2) is 11.4. The molecular formula is C30H22ClF3N2O4. The lowest BCUT2D eigenvalue weighted by Crippen LogP contribution is -2.08. The Morgan fingerprint density at radius 3 is 2.33 bits per heavy atom. The van der Waals surface area contributed by atoms with Gasteiger partial charge in [-0.3, -0.25) is 0 Å². The van der Waals surface area contributed by atoms with E-state index >= 15 is 4.39 Å². The number of hydrogen-bond acceptors (Lipinski definition) is 4. The number of ether oxygens (including phenoxy) is 1. The van der Waals surface area contributed by atoms with E-state index in [1.807, 2.05) is 0 Å². The third kappa shape index (κ3) is 5.66. The van der Waals surface area contributed by atoms with Gasteiger partial charge < -0.3 is 19.5 Å². The van der Waals surface area contributed by atoms with Gasteiger partial charge in [-0.1, -0.05) is 35.9 Å². The van der Waals surface area contributed by atoms with Crippen molar-refractivity contribution in [2.24, 2.45) is 0 Å². The van der Waals surface area contributed by atoms with Gasteiger partial charge in [0, 0.05) is 23.6 Å². The molecule has 40 heavy (non-hydrogen) atoms. The summed E-state index contributed by atoms with van der Waals surface area (Å²) in [5.41, 5.74) is 2.63. The predicted molar refractivity (Wildman–Crippen MR) is 144 cm³/mol. The third-order valence-electron chi connectivity index (χ3n) is 6.46. The molecule has 5 aromatic rings. The van der Waals surface area contributed by atoms with Crippen molar-refractivity contribution < 1.29 is 32.9 Å². The highest BCUT2D eigenvalue weighted by Gasteiger charge is 2.16. The lowest BCUT2D eigenvalue weighted by molar-refractivity contribution is 0.0697. The quantitative estimate of drug-likeness (QED) is 0.209. The van der Waals surface area contributed by atoms with E-state index in [0.717, 1.165) is 6.07 Å². The topological polar surface area (TPSA) is 84.6 Å². The van der Waals surface area contributed by atoms with Gasteiger partial charge in [-0.05, 0) is 65.2 Å². The summed E-state index contributed by atoms with van der Waals surface area (Å²) in [5.74, 6) is -2.49. The molecule has 0 spiro atoms.